The Balaban J connectivity index is 1.76. The molecule has 7 heteroatoms. The summed E-state index contributed by atoms with van der Waals surface area (Å²) in [6.45, 7) is 4.23. The van der Waals surface area contributed by atoms with E-state index in [2.05, 4.69) is 41.6 Å². The molecule has 0 fully saturated rings. The number of aromatic carboxylic acids is 1. The molecule has 1 aromatic heterocycles. The van der Waals surface area contributed by atoms with Crippen molar-refractivity contribution in [3.63, 3.8) is 0 Å². The van der Waals surface area contributed by atoms with Crippen LogP contribution in [0.2, 0.25) is 0 Å². The molecule has 0 spiro atoms. The summed E-state index contributed by atoms with van der Waals surface area (Å²) in [5, 5.41) is 19.1. The highest BCUT2D eigenvalue weighted by Gasteiger charge is 2.36. The lowest BCUT2D eigenvalue weighted by molar-refractivity contribution is -0.123. The molecule has 1 unspecified atom stereocenters. The Morgan fingerprint density at radius 1 is 1.38 bits per heavy atom. The fourth-order valence-corrected chi connectivity index (χ4v) is 3.17. The van der Waals surface area contributed by atoms with Crippen molar-refractivity contribution < 1.29 is 14.7 Å². The number of carboxylic acids is 1. The number of rotatable bonds is 4. The minimum atomic E-state index is -1.16. The molecule has 24 heavy (non-hydrogen) atoms. The largest absolute Gasteiger partial charge is 0.476 e. The van der Waals surface area contributed by atoms with E-state index in [0.717, 1.165) is 18.4 Å². The van der Waals surface area contributed by atoms with Gasteiger partial charge in [-0.05, 0) is 29.4 Å². The summed E-state index contributed by atoms with van der Waals surface area (Å²) in [5.41, 5.74) is 2.17. The van der Waals surface area contributed by atoms with E-state index < -0.39 is 5.97 Å². The SMILES string of the molecule is CC1(C)CCc2ccccc2C1NC(=O)Cn1cc(C(=O)O)nn1. The second-order valence-corrected chi connectivity index (χ2v) is 6.79. The molecule has 7 nitrogen and oxygen atoms in total. The van der Waals surface area contributed by atoms with Gasteiger partial charge in [0.05, 0.1) is 12.2 Å². The second-order valence-electron chi connectivity index (χ2n) is 6.79. The fourth-order valence-electron chi connectivity index (χ4n) is 3.17. The summed E-state index contributed by atoms with van der Waals surface area (Å²) in [6, 6.07) is 8.06. The van der Waals surface area contributed by atoms with E-state index >= 15 is 0 Å². The van der Waals surface area contributed by atoms with Crippen LogP contribution in [0.1, 0.15) is 47.9 Å². The number of benzene rings is 1. The predicted molar refractivity (Wildman–Crippen MR) is 86.4 cm³/mol. The molecular weight excluding hydrogens is 308 g/mol. The zero-order chi connectivity index (χ0) is 17.3. The molecule has 1 atom stereocenters. The number of carbonyl (C=O) groups is 2. The Bertz CT molecular complexity index is 782. The van der Waals surface area contributed by atoms with Gasteiger partial charge in [-0.3, -0.25) is 4.79 Å². The number of nitrogens with one attached hydrogen (secondary N) is 1. The normalized spacial score (nSPS) is 18.7. The summed E-state index contributed by atoms with van der Waals surface area (Å²) >= 11 is 0. The first-order valence-electron chi connectivity index (χ1n) is 7.87. The molecule has 3 rings (SSSR count). The van der Waals surface area contributed by atoms with E-state index in [-0.39, 0.29) is 29.6 Å². The number of hydrogen-bond acceptors (Lipinski definition) is 4. The highest BCUT2D eigenvalue weighted by Crippen LogP contribution is 2.43. The van der Waals surface area contributed by atoms with Crippen molar-refractivity contribution in [1.29, 1.82) is 0 Å². The quantitative estimate of drug-likeness (QED) is 0.892. The third-order valence-corrected chi connectivity index (χ3v) is 4.55. The maximum atomic E-state index is 12.4. The summed E-state index contributed by atoms with van der Waals surface area (Å²) in [5.74, 6) is -1.38. The van der Waals surface area contributed by atoms with Crippen LogP contribution in [-0.4, -0.2) is 32.0 Å². The van der Waals surface area contributed by atoms with Crippen LogP contribution in [0.5, 0.6) is 0 Å². The molecule has 0 aliphatic heterocycles. The van der Waals surface area contributed by atoms with Gasteiger partial charge in [0.1, 0.15) is 6.54 Å². The molecular formula is C17H20N4O3. The van der Waals surface area contributed by atoms with Crippen LogP contribution >= 0.6 is 0 Å². The molecule has 1 aliphatic rings. The third-order valence-electron chi connectivity index (χ3n) is 4.55. The van der Waals surface area contributed by atoms with Crippen LogP contribution in [0.25, 0.3) is 0 Å². The number of nitrogens with zero attached hydrogens (tertiary/aromatic N) is 3. The van der Waals surface area contributed by atoms with E-state index in [1.54, 1.807) is 0 Å². The molecule has 2 N–H and O–H groups in total. The first-order chi connectivity index (χ1) is 11.4. The molecule has 1 amide bonds. The number of carboxylic acid groups (broad SMARTS) is 1. The predicted octanol–water partition coefficient (Wildman–Crippen LogP) is 1.81. The van der Waals surface area contributed by atoms with E-state index in [4.69, 9.17) is 5.11 Å². The third kappa shape index (κ3) is 3.15. The van der Waals surface area contributed by atoms with Crippen LogP contribution in [-0.2, 0) is 17.8 Å². The van der Waals surface area contributed by atoms with Gasteiger partial charge < -0.3 is 10.4 Å². The summed E-state index contributed by atoms with van der Waals surface area (Å²) in [6.07, 6.45) is 3.24. The van der Waals surface area contributed by atoms with Gasteiger partial charge in [-0.1, -0.05) is 43.3 Å². The minimum Gasteiger partial charge on any atom is -0.476 e. The average molecular weight is 328 g/mol. The first kappa shape index (κ1) is 16.2. The molecule has 2 aromatic rings. The lowest BCUT2D eigenvalue weighted by atomic mass is 9.70. The highest BCUT2D eigenvalue weighted by molar-refractivity contribution is 5.84. The van der Waals surface area contributed by atoms with E-state index in [0.29, 0.717) is 0 Å². The van der Waals surface area contributed by atoms with Gasteiger partial charge in [0.15, 0.2) is 5.69 Å². The molecule has 1 aromatic carbocycles. The lowest BCUT2D eigenvalue weighted by Crippen LogP contribution is -2.42. The van der Waals surface area contributed by atoms with E-state index in [1.807, 2.05) is 12.1 Å². The Kier molecular flexibility index (Phi) is 4.09. The Labute approximate surface area is 139 Å². The number of fused-ring (bicyclic) bond motifs is 1. The van der Waals surface area contributed by atoms with Gasteiger partial charge in [0.2, 0.25) is 5.91 Å². The summed E-state index contributed by atoms with van der Waals surface area (Å²) in [7, 11) is 0. The van der Waals surface area contributed by atoms with Crippen LogP contribution < -0.4 is 5.32 Å². The average Bonchev–Trinajstić information content (AvgIpc) is 2.99. The van der Waals surface area contributed by atoms with Gasteiger partial charge in [0.25, 0.3) is 0 Å². The lowest BCUT2D eigenvalue weighted by Gasteiger charge is -2.40. The first-order valence-corrected chi connectivity index (χ1v) is 7.87. The van der Waals surface area contributed by atoms with Gasteiger partial charge in [-0.2, -0.15) is 0 Å². The molecule has 126 valence electrons. The monoisotopic (exact) mass is 328 g/mol. The zero-order valence-corrected chi connectivity index (χ0v) is 13.7. The molecule has 0 bridgehead atoms. The van der Waals surface area contributed by atoms with Crippen LogP contribution in [0, 0.1) is 5.41 Å². The van der Waals surface area contributed by atoms with Gasteiger partial charge in [-0.25, -0.2) is 9.48 Å². The van der Waals surface area contributed by atoms with E-state index in [1.165, 1.54) is 16.4 Å². The maximum Gasteiger partial charge on any atom is 0.358 e. The van der Waals surface area contributed by atoms with Gasteiger partial charge >= 0.3 is 5.97 Å². The van der Waals surface area contributed by atoms with Gasteiger partial charge in [-0.15, -0.1) is 5.10 Å². The Morgan fingerprint density at radius 2 is 2.12 bits per heavy atom. The number of aryl methyl sites for hydroxylation is 1. The molecule has 0 saturated carbocycles. The molecule has 0 saturated heterocycles. The van der Waals surface area contributed by atoms with Crippen molar-refractivity contribution in [1.82, 2.24) is 20.3 Å². The molecule has 0 radical (unpaired) electrons. The topological polar surface area (TPSA) is 97.1 Å². The van der Waals surface area contributed by atoms with Crippen molar-refractivity contribution in [3.05, 3.63) is 47.3 Å². The Morgan fingerprint density at radius 3 is 2.83 bits per heavy atom. The number of amides is 1. The van der Waals surface area contributed by atoms with Gasteiger partial charge in [0, 0.05) is 0 Å². The van der Waals surface area contributed by atoms with Crippen LogP contribution in [0.4, 0.5) is 0 Å². The summed E-state index contributed by atoms with van der Waals surface area (Å²) < 4.78 is 1.24. The smallest absolute Gasteiger partial charge is 0.358 e. The van der Waals surface area contributed by atoms with Crippen LogP contribution in [0.3, 0.4) is 0 Å². The van der Waals surface area contributed by atoms with Crippen molar-refractivity contribution in [2.75, 3.05) is 0 Å². The fraction of sp³-hybridized carbons (Fsp3) is 0.412. The van der Waals surface area contributed by atoms with E-state index in [9.17, 15) is 9.59 Å². The number of aromatic nitrogens is 3. The molecule has 1 heterocycles. The van der Waals surface area contributed by atoms with Crippen molar-refractivity contribution >= 4 is 11.9 Å². The molecule has 1 aliphatic carbocycles. The summed E-state index contributed by atoms with van der Waals surface area (Å²) in [4.78, 5) is 23.2. The maximum absolute atomic E-state index is 12.4. The van der Waals surface area contributed by atoms with Crippen molar-refractivity contribution in [2.45, 2.75) is 39.3 Å². The zero-order valence-electron chi connectivity index (χ0n) is 13.7. The van der Waals surface area contributed by atoms with Crippen molar-refractivity contribution in [3.8, 4) is 0 Å². The number of carbonyl (C=O) groups excluding carboxylic acids is 1. The highest BCUT2D eigenvalue weighted by atomic mass is 16.4. The standard InChI is InChI=1S/C17H20N4O3/c1-17(2)8-7-11-5-3-4-6-12(11)15(17)18-14(22)10-21-9-13(16(23)24)19-20-21/h3-6,9,15H,7-8,10H2,1-2H3,(H,18,22)(H,23,24). The van der Waals surface area contributed by atoms with Crippen LogP contribution in [0.15, 0.2) is 30.5 Å². The Hall–Kier alpha value is -2.70. The van der Waals surface area contributed by atoms with Crippen molar-refractivity contribution in [2.24, 2.45) is 5.41 Å². The number of hydrogen-bond donors (Lipinski definition) is 2. The minimum absolute atomic E-state index is 0.0569. The second kappa shape index (κ2) is 6.07.